The Bertz CT molecular complexity index is 920. The van der Waals surface area contributed by atoms with Gasteiger partial charge in [0.25, 0.3) is 11.1 Å². The molecule has 2 amide bonds. The third-order valence-corrected chi connectivity index (χ3v) is 5.49. The highest BCUT2D eigenvalue weighted by Gasteiger charge is 2.35. The fourth-order valence-corrected chi connectivity index (χ4v) is 3.90. The Morgan fingerprint density at radius 1 is 1.22 bits per heavy atom. The molecule has 0 bridgehead atoms. The molecule has 0 aliphatic carbocycles. The predicted molar refractivity (Wildman–Crippen MR) is 104 cm³/mol. The summed E-state index contributed by atoms with van der Waals surface area (Å²) in [5, 5.41) is -0.386. The summed E-state index contributed by atoms with van der Waals surface area (Å²) in [4.78, 5) is 26.4. The Morgan fingerprint density at radius 2 is 1.96 bits per heavy atom. The van der Waals surface area contributed by atoms with Gasteiger partial charge in [-0.3, -0.25) is 14.5 Å². The van der Waals surface area contributed by atoms with E-state index in [1.807, 2.05) is 19.9 Å². The molecule has 0 unspecified atom stereocenters. The Balaban J connectivity index is 1.83. The first-order chi connectivity index (χ1) is 12.9. The summed E-state index contributed by atoms with van der Waals surface area (Å²) in [5.74, 6) is -0.822. The van der Waals surface area contributed by atoms with Gasteiger partial charge < -0.3 is 9.30 Å². The van der Waals surface area contributed by atoms with E-state index < -0.39 is 11.7 Å². The van der Waals surface area contributed by atoms with Crippen molar-refractivity contribution < 1.29 is 18.7 Å². The van der Waals surface area contributed by atoms with E-state index in [1.165, 1.54) is 6.07 Å². The number of rotatable bonds is 6. The molecule has 2 aromatic rings. The molecule has 2 heterocycles. The number of amides is 2. The molecule has 0 spiro atoms. The van der Waals surface area contributed by atoms with E-state index in [-0.39, 0.29) is 11.8 Å². The van der Waals surface area contributed by atoms with Crippen LogP contribution in [-0.2, 0) is 22.6 Å². The van der Waals surface area contributed by atoms with Crippen molar-refractivity contribution in [2.75, 3.05) is 13.7 Å². The van der Waals surface area contributed by atoms with Crippen molar-refractivity contribution in [3.05, 3.63) is 63.6 Å². The van der Waals surface area contributed by atoms with Gasteiger partial charge in [-0.05, 0) is 49.4 Å². The molecule has 7 heteroatoms. The second kappa shape index (κ2) is 8.10. The Kier molecular flexibility index (Phi) is 5.82. The van der Waals surface area contributed by atoms with Gasteiger partial charge in [-0.25, -0.2) is 4.39 Å². The van der Waals surface area contributed by atoms with Gasteiger partial charge in [0, 0.05) is 30.6 Å². The van der Waals surface area contributed by atoms with Gasteiger partial charge in [-0.15, -0.1) is 0 Å². The van der Waals surface area contributed by atoms with Crippen LogP contribution >= 0.6 is 11.8 Å². The maximum absolute atomic E-state index is 13.9. The van der Waals surface area contributed by atoms with Crippen molar-refractivity contribution in [2.24, 2.45) is 0 Å². The van der Waals surface area contributed by atoms with E-state index in [9.17, 15) is 14.0 Å². The molecule has 0 radical (unpaired) electrons. The Morgan fingerprint density at radius 3 is 2.67 bits per heavy atom. The SMILES string of the molecule is COCCn1c(C)cc(/C=C2\SC(=O)N(Cc3ccccc3F)C2=O)c1C. The number of thioether (sulfide) groups is 1. The third kappa shape index (κ3) is 3.99. The zero-order valence-electron chi connectivity index (χ0n) is 15.5. The number of benzene rings is 1. The summed E-state index contributed by atoms with van der Waals surface area (Å²) in [6.45, 7) is 5.20. The molecule has 1 saturated heterocycles. The summed E-state index contributed by atoms with van der Waals surface area (Å²) in [7, 11) is 1.65. The first-order valence-corrected chi connectivity index (χ1v) is 9.38. The van der Waals surface area contributed by atoms with Crippen LogP contribution in [0.3, 0.4) is 0 Å². The van der Waals surface area contributed by atoms with E-state index >= 15 is 0 Å². The standard InChI is InChI=1S/C20H21FN2O3S/c1-13-10-16(14(2)22(13)8-9-26-3)11-18-19(24)23(20(25)27-18)12-15-6-4-5-7-17(15)21/h4-7,10-11H,8-9,12H2,1-3H3/b18-11-. The quantitative estimate of drug-likeness (QED) is 0.699. The highest BCUT2D eigenvalue weighted by Crippen LogP contribution is 2.34. The topological polar surface area (TPSA) is 51.5 Å². The number of ether oxygens (including phenoxy) is 1. The molecule has 0 atom stereocenters. The smallest absolute Gasteiger partial charge is 0.293 e. The number of imide groups is 1. The number of aryl methyl sites for hydroxylation is 1. The molecule has 142 valence electrons. The van der Waals surface area contributed by atoms with Crippen LogP contribution in [-0.4, -0.2) is 34.3 Å². The van der Waals surface area contributed by atoms with Gasteiger partial charge in [0.15, 0.2) is 0 Å². The van der Waals surface area contributed by atoms with Crippen LogP contribution in [0.25, 0.3) is 6.08 Å². The van der Waals surface area contributed by atoms with Crippen LogP contribution in [0.2, 0.25) is 0 Å². The van der Waals surface area contributed by atoms with Crippen molar-refractivity contribution in [3.8, 4) is 0 Å². The van der Waals surface area contributed by atoms with Crippen LogP contribution in [0.5, 0.6) is 0 Å². The maximum Gasteiger partial charge on any atom is 0.293 e. The molecule has 5 nitrogen and oxygen atoms in total. The van der Waals surface area contributed by atoms with Crippen LogP contribution in [0, 0.1) is 19.7 Å². The lowest BCUT2D eigenvalue weighted by Crippen LogP contribution is -2.27. The van der Waals surface area contributed by atoms with Crippen LogP contribution in [0.15, 0.2) is 35.2 Å². The maximum atomic E-state index is 13.9. The number of carbonyl (C=O) groups is 2. The lowest BCUT2D eigenvalue weighted by atomic mass is 10.2. The van der Waals surface area contributed by atoms with Gasteiger partial charge in [0.05, 0.1) is 18.1 Å². The summed E-state index contributed by atoms with van der Waals surface area (Å²) in [6, 6.07) is 8.13. The van der Waals surface area contributed by atoms with E-state index in [1.54, 1.807) is 31.4 Å². The minimum Gasteiger partial charge on any atom is -0.383 e. The predicted octanol–water partition coefficient (Wildman–Crippen LogP) is 4.13. The van der Waals surface area contributed by atoms with E-state index in [4.69, 9.17) is 4.74 Å². The minimum atomic E-state index is -0.429. The molecular formula is C20H21FN2O3S. The fourth-order valence-electron chi connectivity index (χ4n) is 3.08. The number of nitrogens with zero attached hydrogens (tertiary/aromatic N) is 2. The van der Waals surface area contributed by atoms with Crippen molar-refractivity contribution in [1.82, 2.24) is 9.47 Å². The zero-order valence-corrected chi connectivity index (χ0v) is 16.3. The molecule has 1 aromatic heterocycles. The van der Waals surface area contributed by atoms with Crippen LogP contribution < -0.4 is 0 Å². The van der Waals surface area contributed by atoms with E-state index in [0.717, 1.165) is 40.2 Å². The first-order valence-electron chi connectivity index (χ1n) is 8.56. The summed E-state index contributed by atoms with van der Waals surface area (Å²) in [6.07, 6.45) is 1.73. The zero-order chi connectivity index (χ0) is 19.6. The molecule has 3 rings (SSSR count). The molecular weight excluding hydrogens is 367 g/mol. The van der Waals surface area contributed by atoms with Crippen LogP contribution in [0.1, 0.15) is 22.5 Å². The Labute approximate surface area is 161 Å². The molecule has 1 aliphatic heterocycles. The minimum absolute atomic E-state index is 0.0679. The largest absolute Gasteiger partial charge is 0.383 e. The monoisotopic (exact) mass is 388 g/mol. The number of halogens is 1. The average molecular weight is 388 g/mol. The lowest BCUT2D eigenvalue weighted by molar-refractivity contribution is -0.123. The van der Waals surface area contributed by atoms with Gasteiger partial charge in [0.2, 0.25) is 0 Å². The average Bonchev–Trinajstić information content (AvgIpc) is 3.05. The second-order valence-electron chi connectivity index (χ2n) is 6.33. The second-order valence-corrected chi connectivity index (χ2v) is 7.32. The first kappa shape index (κ1) is 19.4. The molecule has 1 aromatic carbocycles. The molecule has 0 saturated carbocycles. The normalized spacial score (nSPS) is 16.0. The van der Waals surface area contributed by atoms with Crippen LogP contribution in [0.4, 0.5) is 9.18 Å². The molecule has 0 N–H and O–H groups in total. The molecule has 1 aliphatic rings. The summed E-state index contributed by atoms with van der Waals surface area (Å²) >= 11 is 0.886. The Hall–Kier alpha value is -2.38. The van der Waals surface area contributed by atoms with Gasteiger partial charge in [-0.2, -0.15) is 0 Å². The van der Waals surface area contributed by atoms with E-state index in [2.05, 4.69) is 4.57 Å². The van der Waals surface area contributed by atoms with Gasteiger partial charge in [0.1, 0.15) is 5.82 Å². The number of aromatic nitrogens is 1. The number of hydrogen-bond donors (Lipinski definition) is 0. The summed E-state index contributed by atoms with van der Waals surface area (Å²) in [5.41, 5.74) is 3.27. The lowest BCUT2D eigenvalue weighted by Gasteiger charge is -2.12. The number of hydrogen-bond acceptors (Lipinski definition) is 4. The van der Waals surface area contributed by atoms with Crippen molar-refractivity contribution in [2.45, 2.75) is 26.9 Å². The number of carbonyl (C=O) groups excluding carboxylic acids is 2. The van der Waals surface area contributed by atoms with Gasteiger partial charge >= 0.3 is 0 Å². The third-order valence-electron chi connectivity index (χ3n) is 4.58. The molecule has 1 fully saturated rings. The molecule has 27 heavy (non-hydrogen) atoms. The highest BCUT2D eigenvalue weighted by molar-refractivity contribution is 8.18. The van der Waals surface area contributed by atoms with Crippen molar-refractivity contribution in [1.29, 1.82) is 0 Å². The van der Waals surface area contributed by atoms with Gasteiger partial charge in [-0.1, -0.05) is 18.2 Å². The number of methoxy groups -OCH3 is 1. The van der Waals surface area contributed by atoms with E-state index in [0.29, 0.717) is 17.1 Å². The summed E-state index contributed by atoms with van der Waals surface area (Å²) < 4.78 is 21.1. The van der Waals surface area contributed by atoms with Crippen molar-refractivity contribution in [3.63, 3.8) is 0 Å². The fraction of sp³-hybridized carbons (Fsp3) is 0.300. The highest BCUT2D eigenvalue weighted by atomic mass is 32.2. The van der Waals surface area contributed by atoms with Crippen molar-refractivity contribution >= 4 is 29.0 Å².